The summed E-state index contributed by atoms with van der Waals surface area (Å²) in [6.07, 6.45) is 2.35. The van der Waals surface area contributed by atoms with Crippen LogP contribution in [0.4, 0.5) is 16.3 Å². The Morgan fingerprint density at radius 3 is 2.64 bits per heavy atom. The Kier molecular flexibility index (Phi) is 7.22. The van der Waals surface area contributed by atoms with Gasteiger partial charge in [-0.15, -0.1) is 0 Å². The second-order valence-electron chi connectivity index (χ2n) is 8.06. The molecule has 0 bridgehead atoms. The number of halogens is 1. The molecular weight excluding hydrogens is 438 g/mol. The molecule has 8 heteroatoms. The van der Waals surface area contributed by atoms with Gasteiger partial charge < -0.3 is 16.0 Å². The predicted octanol–water partition coefficient (Wildman–Crippen LogP) is 4.94. The van der Waals surface area contributed by atoms with Gasteiger partial charge in [0.15, 0.2) is 0 Å². The standard InChI is InChI=1S/C25H26ClN5O2/c1-17(18-6-3-2-4-7-18)31-13-12-22(16-31)29-25(33)28-21-9-5-8-19(14-21)24(32)30-23-11-10-20(26)15-27-23/h2-11,14-15,17,22H,12-13,16H2,1H3,(H,27,30,32)(H2,28,29,33). The number of benzene rings is 2. The van der Waals surface area contributed by atoms with E-state index in [1.54, 1.807) is 36.4 Å². The average molecular weight is 464 g/mol. The van der Waals surface area contributed by atoms with Gasteiger partial charge in [-0.25, -0.2) is 9.78 Å². The van der Waals surface area contributed by atoms with Crippen LogP contribution < -0.4 is 16.0 Å². The van der Waals surface area contributed by atoms with Crippen molar-refractivity contribution in [2.45, 2.75) is 25.4 Å². The van der Waals surface area contributed by atoms with Crippen molar-refractivity contribution < 1.29 is 9.59 Å². The molecule has 1 aliphatic rings. The van der Waals surface area contributed by atoms with Crippen LogP contribution in [0.25, 0.3) is 0 Å². The van der Waals surface area contributed by atoms with E-state index in [2.05, 4.69) is 44.9 Å². The van der Waals surface area contributed by atoms with Crippen molar-refractivity contribution in [2.24, 2.45) is 0 Å². The van der Waals surface area contributed by atoms with Gasteiger partial charge in [0.05, 0.1) is 5.02 Å². The lowest BCUT2D eigenvalue weighted by atomic mass is 10.1. The van der Waals surface area contributed by atoms with Crippen LogP contribution in [-0.2, 0) is 0 Å². The van der Waals surface area contributed by atoms with Gasteiger partial charge >= 0.3 is 6.03 Å². The number of hydrogen-bond donors (Lipinski definition) is 3. The van der Waals surface area contributed by atoms with Crippen molar-refractivity contribution in [3.8, 4) is 0 Å². The highest BCUT2D eigenvalue weighted by atomic mass is 35.5. The molecule has 170 valence electrons. The van der Waals surface area contributed by atoms with Crippen LogP contribution in [0.1, 0.15) is 35.3 Å². The molecule has 3 N–H and O–H groups in total. The predicted molar refractivity (Wildman–Crippen MR) is 131 cm³/mol. The zero-order valence-electron chi connectivity index (χ0n) is 18.3. The fraction of sp³-hybridized carbons (Fsp3) is 0.240. The number of urea groups is 1. The number of carbonyl (C=O) groups excluding carboxylic acids is 2. The second kappa shape index (κ2) is 10.5. The van der Waals surface area contributed by atoms with Gasteiger partial charge in [0.25, 0.3) is 5.91 Å². The number of nitrogens with zero attached hydrogens (tertiary/aromatic N) is 2. The molecule has 0 aliphatic carbocycles. The lowest BCUT2D eigenvalue weighted by Crippen LogP contribution is -2.40. The third-order valence-corrected chi connectivity index (χ3v) is 5.96. The monoisotopic (exact) mass is 463 g/mol. The number of likely N-dealkylation sites (tertiary alicyclic amines) is 1. The molecule has 1 saturated heterocycles. The van der Waals surface area contributed by atoms with E-state index in [0.717, 1.165) is 19.5 Å². The molecular formula is C25H26ClN5O2. The number of hydrogen-bond acceptors (Lipinski definition) is 4. The molecule has 1 aromatic heterocycles. The quantitative estimate of drug-likeness (QED) is 0.483. The highest BCUT2D eigenvalue weighted by molar-refractivity contribution is 6.30. The second-order valence-corrected chi connectivity index (χ2v) is 8.50. The van der Waals surface area contributed by atoms with Gasteiger partial charge in [-0.3, -0.25) is 9.69 Å². The maximum atomic E-state index is 12.6. The summed E-state index contributed by atoms with van der Waals surface area (Å²) in [6.45, 7) is 3.91. The zero-order chi connectivity index (χ0) is 23.2. The largest absolute Gasteiger partial charge is 0.334 e. The van der Waals surface area contributed by atoms with Crippen LogP contribution in [-0.4, -0.2) is 41.0 Å². The number of amides is 3. The normalized spacial score (nSPS) is 16.7. The third-order valence-electron chi connectivity index (χ3n) is 5.74. The summed E-state index contributed by atoms with van der Waals surface area (Å²) in [5, 5.41) is 9.07. The number of nitrogens with one attached hydrogen (secondary N) is 3. The Labute approximate surface area is 198 Å². The molecule has 2 aromatic carbocycles. The smallest absolute Gasteiger partial charge is 0.319 e. The van der Waals surface area contributed by atoms with E-state index in [1.165, 1.54) is 11.8 Å². The molecule has 33 heavy (non-hydrogen) atoms. The summed E-state index contributed by atoms with van der Waals surface area (Å²) in [7, 11) is 0. The van der Waals surface area contributed by atoms with E-state index in [0.29, 0.717) is 28.1 Å². The molecule has 0 saturated carbocycles. The molecule has 2 unspecified atom stereocenters. The van der Waals surface area contributed by atoms with Crippen molar-refractivity contribution in [3.63, 3.8) is 0 Å². The minimum atomic E-state index is -0.324. The van der Waals surface area contributed by atoms with Crippen molar-refractivity contribution in [1.82, 2.24) is 15.2 Å². The van der Waals surface area contributed by atoms with Crippen LogP contribution in [0.3, 0.4) is 0 Å². The molecule has 0 spiro atoms. The maximum Gasteiger partial charge on any atom is 0.319 e. The van der Waals surface area contributed by atoms with Crippen LogP contribution in [0.5, 0.6) is 0 Å². The summed E-state index contributed by atoms with van der Waals surface area (Å²) in [4.78, 5) is 31.5. The lowest BCUT2D eigenvalue weighted by molar-refractivity contribution is 0.102. The summed E-state index contributed by atoms with van der Waals surface area (Å²) in [6, 6.07) is 20.5. The Hall–Kier alpha value is -3.42. The fourth-order valence-electron chi connectivity index (χ4n) is 3.93. The van der Waals surface area contributed by atoms with E-state index in [9.17, 15) is 9.59 Å². The SMILES string of the molecule is CC(c1ccccc1)N1CCC(NC(=O)Nc2cccc(C(=O)Nc3ccc(Cl)cn3)c2)C1. The van der Waals surface area contributed by atoms with Crippen molar-refractivity contribution in [1.29, 1.82) is 0 Å². The number of rotatable bonds is 6. The average Bonchev–Trinajstić information content (AvgIpc) is 3.29. The highest BCUT2D eigenvalue weighted by Gasteiger charge is 2.27. The minimum Gasteiger partial charge on any atom is -0.334 e. The Bertz CT molecular complexity index is 1110. The molecule has 0 radical (unpaired) electrons. The molecule has 1 aliphatic heterocycles. The topological polar surface area (TPSA) is 86.4 Å². The molecule has 7 nitrogen and oxygen atoms in total. The van der Waals surface area contributed by atoms with Crippen molar-refractivity contribution in [2.75, 3.05) is 23.7 Å². The molecule has 3 aromatic rings. The first-order chi connectivity index (χ1) is 16.0. The Morgan fingerprint density at radius 2 is 1.88 bits per heavy atom. The first-order valence-corrected chi connectivity index (χ1v) is 11.3. The first-order valence-electron chi connectivity index (χ1n) is 10.9. The van der Waals surface area contributed by atoms with Gasteiger partial charge in [0, 0.05) is 42.6 Å². The number of pyridine rings is 1. The Morgan fingerprint density at radius 1 is 1.06 bits per heavy atom. The highest BCUT2D eigenvalue weighted by Crippen LogP contribution is 2.24. The van der Waals surface area contributed by atoms with E-state index in [-0.39, 0.29) is 18.0 Å². The van der Waals surface area contributed by atoms with Crippen LogP contribution in [0, 0.1) is 0 Å². The summed E-state index contributed by atoms with van der Waals surface area (Å²) < 4.78 is 0. The fourth-order valence-corrected chi connectivity index (χ4v) is 4.04. The van der Waals surface area contributed by atoms with E-state index in [4.69, 9.17) is 11.6 Å². The summed E-state index contributed by atoms with van der Waals surface area (Å²) in [5.41, 5.74) is 2.22. The molecule has 2 heterocycles. The van der Waals surface area contributed by atoms with Gasteiger partial charge in [-0.1, -0.05) is 48.0 Å². The number of aromatic nitrogens is 1. The van der Waals surface area contributed by atoms with Crippen molar-refractivity contribution >= 4 is 35.0 Å². The van der Waals surface area contributed by atoms with Crippen LogP contribution >= 0.6 is 11.6 Å². The van der Waals surface area contributed by atoms with Gasteiger partial charge in [0.2, 0.25) is 0 Å². The van der Waals surface area contributed by atoms with Crippen LogP contribution in [0.2, 0.25) is 5.02 Å². The number of anilines is 2. The number of carbonyl (C=O) groups is 2. The molecule has 2 atom stereocenters. The third kappa shape index (κ3) is 6.09. The van der Waals surface area contributed by atoms with E-state index < -0.39 is 0 Å². The maximum absolute atomic E-state index is 12.6. The van der Waals surface area contributed by atoms with Gasteiger partial charge in [-0.2, -0.15) is 0 Å². The molecule has 3 amide bonds. The van der Waals surface area contributed by atoms with Crippen molar-refractivity contribution in [3.05, 3.63) is 89.1 Å². The molecule has 4 rings (SSSR count). The zero-order valence-corrected chi connectivity index (χ0v) is 19.0. The summed E-state index contributed by atoms with van der Waals surface area (Å²) >= 11 is 5.82. The minimum absolute atomic E-state index is 0.0682. The molecule has 1 fully saturated rings. The lowest BCUT2D eigenvalue weighted by Gasteiger charge is -2.24. The van der Waals surface area contributed by atoms with E-state index >= 15 is 0 Å². The van der Waals surface area contributed by atoms with Gasteiger partial charge in [-0.05, 0) is 49.2 Å². The van der Waals surface area contributed by atoms with Crippen LogP contribution in [0.15, 0.2) is 72.9 Å². The Balaban J connectivity index is 1.30. The van der Waals surface area contributed by atoms with Gasteiger partial charge in [0.1, 0.15) is 5.82 Å². The summed E-state index contributed by atoms with van der Waals surface area (Å²) in [5.74, 6) is 0.0752. The van der Waals surface area contributed by atoms with E-state index in [1.807, 2.05) is 18.2 Å². The first kappa shape index (κ1) is 22.8.